The van der Waals surface area contributed by atoms with Crippen LogP contribution in [0.4, 0.5) is 17.1 Å². The summed E-state index contributed by atoms with van der Waals surface area (Å²) in [5, 5.41) is 1.18. The van der Waals surface area contributed by atoms with Gasteiger partial charge in [-0.3, -0.25) is 4.40 Å². The van der Waals surface area contributed by atoms with E-state index in [1.807, 2.05) is 0 Å². The predicted molar refractivity (Wildman–Crippen MR) is 248 cm³/mol. The van der Waals surface area contributed by atoms with Crippen molar-refractivity contribution in [2.45, 2.75) is 5.41 Å². The highest BCUT2D eigenvalue weighted by Crippen LogP contribution is 2.57. The zero-order valence-electron chi connectivity index (χ0n) is 32.7. The molecule has 11 aromatic rings. The zero-order valence-corrected chi connectivity index (χ0v) is 32.7. The van der Waals surface area contributed by atoms with Gasteiger partial charge in [0, 0.05) is 22.4 Å². The van der Waals surface area contributed by atoms with Crippen LogP contribution in [0.3, 0.4) is 0 Å². The molecule has 1 aliphatic carbocycles. The largest absolute Gasteiger partial charge is 0.438 e. The van der Waals surface area contributed by atoms with Crippen LogP contribution in [0.25, 0.3) is 61.1 Å². The van der Waals surface area contributed by atoms with Gasteiger partial charge in [0.05, 0.1) is 22.0 Å². The second-order valence-electron chi connectivity index (χ2n) is 15.7. The molecule has 3 heteroatoms. The number of hydrogen-bond acceptors (Lipinski definition) is 2. The number of nitrogens with zero attached hydrogens (tertiary/aromatic N) is 2. The molecule has 0 bridgehead atoms. The Balaban J connectivity index is 0.996. The molecule has 0 unspecified atom stereocenters. The Kier molecular flexibility index (Phi) is 7.76. The van der Waals surface area contributed by atoms with Crippen molar-refractivity contribution in [3.8, 4) is 33.4 Å². The summed E-state index contributed by atoms with van der Waals surface area (Å²) in [6.45, 7) is 0. The highest BCUT2D eigenvalue weighted by Gasteiger charge is 2.46. The summed E-state index contributed by atoms with van der Waals surface area (Å²) in [4.78, 5) is 2.38. The van der Waals surface area contributed by atoms with E-state index < -0.39 is 5.41 Å². The zero-order chi connectivity index (χ0) is 39.6. The summed E-state index contributed by atoms with van der Waals surface area (Å²) in [5.74, 6) is 0. The summed E-state index contributed by atoms with van der Waals surface area (Å²) in [5.41, 5.74) is 18.9. The van der Waals surface area contributed by atoms with Crippen LogP contribution in [0.1, 0.15) is 22.3 Å². The van der Waals surface area contributed by atoms with Crippen LogP contribution in [0.15, 0.2) is 235 Å². The molecule has 1 aliphatic rings. The molecule has 2 aromatic heterocycles. The lowest BCUT2D eigenvalue weighted by atomic mass is 9.67. The van der Waals surface area contributed by atoms with Crippen molar-refractivity contribution in [3.05, 3.63) is 253 Å². The minimum absolute atomic E-state index is 0.485. The Morgan fingerprint density at radius 3 is 1.68 bits per heavy atom. The lowest BCUT2D eigenvalue weighted by Gasteiger charge is -2.35. The third kappa shape index (κ3) is 5.09. The fourth-order valence-electron chi connectivity index (χ4n) is 9.90. The third-order valence-electron chi connectivity index (χ3n) is 12.5. The van der Waals surface area contributed by atoms with Gasteiger partial charge in [0.2, 0.25) is 5.71 Å². The normalized spacial score (nSPS) is 12.8. The summed E-state index contributed by atoms with van der Waals surface area (Å²) >= 11 is 0. The molecule has 12 rings (SSSR count). The number of fused-ring (bicyclic) bond motifs is 8. The number of aromatic nitrogens is 1. The number of para-hydroxylation sites is 2. The first-order valence-electron chi connectivity index (χ1n) is 20.6. The minimum atomic E-state index is -0.485. The van der Waals surface area contributed by atoms with Crippen molar-refractivity contribution in [1.29, 1.82) is 0 Å². The fraction of sp³-hybridized carbons (Fsp3) is 0.0175. The maximum Gasteiger partial charge on any atom is 0.213 e. The first-order valence-corrected chi connectivity index (χ1v) is 20.6. The number of hydrogen-bond donors (Lipinski definition) is 0. The van der Waals surface area contributed by atoms with E-state index in [2.05, 4.69) is 240 Å². The summed E-state index contributed by atoms with van der Waals surface area (Å²) in [6.07, 6.45) is 0. The van der Waals surface area contributed by atoms with Crippen molar-refractivity contribution in [2.24, 2.45) is 0 Å². The van der Waals surface area contributed by atoms with Gasteiger partial charge in [0.15, 0.2) is 5.58 Å². The molecule has 0 amide bonds. The molecular weight excluding hydrogens is 729 g/mol. The molecule has 3 nitrogen and oxygen atoms in total. The van der Waals surface area contributed by atoms with Crippen molar-refractivity contribution in [3.63, 3.8) is 0 Å². The quantitative estimate of drug-likeness (QED) is 0.161. The van der Waals surface area contributed by atoms with Crippen molar-refractivity contribution in [1.82, 2.24) is 4.40 Å². The second-order valence-corrected chi connectivity index (χ2v) is 15.7. The van der Waals surface area contributed by atoms with Crippen LogP contribution in [0, 0.1) is 0 Å². The molecule has 282 valence electrons. The van der Waals surface area contributed by atoms with E-state index in [9.17, 15) is 0 Å². The van der Waals surface area contributed by atoms with Gasteiger partial charge >= 0.3 is 0 Å². The van der Waals surface area contributed by atoms with E-state index in [0.29, 0.717) is 0 Å². The Morgan fingerprint density at radius 1 is 0.383 bits per heavy atom. The molecule has 0 fully saturated rings. The number of anilines is 3. The smallest absolute Gasteiger partial charge is 0.213 e. The predicted octanol–water partition coefficient (Wildman–Crippen LogP) is 15.0. The molecular formula is C57H38N2O. The highest BCUT2D eigenvalue weighted by molar-refractivity contribution is 6.07. The Labute approximate surface area is 348 Å². The van der Waals surface area contributed by atoms with Crippen molar-refractivity contribution < 1.29 is 4.42 Å². The fourth-order valence-corrected chi connectivity index (χ4v) is 9.90. The summed E-state index contributed by atoms with van der Waals surface area (Å²) in [6, 6.07) is 83.4. The number of benzene rings is 9. The molecule has 0 spiro atoms. The van der Waals surface area contributed by atoms with Gasteiger partial charge in [0.1, 0.15) is 0 Å². The summed E-state index contributed by atoms with van der Waals surface area (Å²) < 4.78 is 8.92. The van der Waals surface area contributed by atoms with Gasteiger partial charge in [0.25, 0.3) is 0 Å². The van der Waals surface area contributed by atoms with Gasteiger partial charge in [-0.2, -0.15) is 0 Å². The highest BCUT2D eigenvalue weighted by atomic mass is 16.3. The van der Waals surface area contributed by atoms with Crippen molar-refractivity contribution in [2.75, 3.05) is 4.90 Å². The van der Waals surface area contributed by atoms with Crippen LogP contribution < -0.4 is 4.90 Å². The lowest BCUT2D eigenvalue weighted by molar-refractivity contribution is 0.658. The van der Waals surface area contributed by atoms with Crippen LogP contribution in [-0.2, 0) is 5.41 Å². The van der Waals surface area contributed by atoms with Gasteiger partial charge in [-0.05, 0) is 105 Å². The molecule has 9 aromatic carbocycles. The van der Waals surface area contributed by atoms with Gasteiger partial charge in [-0.1, -0.05) is 176 Å². The molecule has 0 saturated heterocycles. The van der Waals surface area contributed by atoms with Gasteiger partial charge in [-0.15, -0.1) is 0 Å². The maximum atomic E-state index is 6.64. The Hall–Kier alpha value is -7.88. The topological polar surface area (TPSA) is 20.8 Å². The van der Waals surface area contributed by atoms with Crippen molar-refractivity contribution >= 4 is 44.8 Å². The molecule has 0 N–H and O–H groups in total. The average molecular weight is 767 g/mol. The summed E-state index contributed by atoms with van der Waals surface area (Å²) in [7, 11) is 0. The van der Waals surface area contributed by atoms with E-state index in [1.165, 1.54) is 38.8 Å². The Morgan fingerprint density at radius 2 is 0.950 bits per heavy atom. The average Bonchev–Trinajstić information content (AvgIpc) is 3.96. The number of rotatable bonds is 7. The van der Waals surface area contributed by atoms with E-state index in [-0.39, 0.29) is 0 Å². The molecule has 60 heavy (non-hydrogen) atoms. The third-order valence-corrected chi connectivity index (χ3v) is 12.5. The first-order chi connectivity index (χ1) is 29.8. The second kappa shape index (κ2) is 13.6. The monoisotopic (exact) mass is 766 g/mol. The number of oxazole rings is 1. The lowest BCUT2D eigenvalue weighted by Crippen LogP contribution is -2.28. The standard InChI is InChI=1S/C57H38N2O/c1-5-17-40(18-6-1)55-49-26-14-16-28-52(49)59-53-37-41(31-36-54(53)60-56(55)59)39-29-32-45(33-30-39)58(44-23-11-4-12-24-44)46-34-35-48-47-25-13-15-27-50(47)57(51(48)38-46,42-19-7-2-8-20-42)43-21-9-3-10-22-43/h1-38H. The molecule has 0 radical (unpaired) electrons. The van der Waals surface area contributed by atoms with Gasteiger partial charge in [-0.25, -0.2) is 0 Å². The van der Waals surface area contributed by atoms with Crippen LogP contribution in [0.5, 0.6) is 0 Å². The van der Waals surface area contributed by atoms with Crippen LogP contribution >= 0.6 is 0 Å². The minimum Gasteiger partial charge on any atom is -0.438 e. The van der Waals surface area contributed by atoms with Gasteiger partial charge < -0.3 is 9.32 Å². The molecule has 0 atom stereocenters. The van der Waals surface area contributed by atoms with E-state index in [0.717, 1.165) is 61.6 Å². The van der Waals surface area contributed by atoms with Crippen LogP contribution in [0.2, 0.25) is 0 Å². The first kappa shape index (κ1) is 34.2. The molecule has 2 heterocycles. The maximum absolute atomic E-state index is 6.64. The molecule has 0 saturated carbocycles. The Bertz CT molecular complexity index is 3310. The molecule has 0 aliphatic heterocycles. The van der Waals surface area contributed by atoms with E-state index in [1.54, 1.807) is 0 Å². The van der Waals surface area contributed by atoms with E-state index >= 15 is 0 Å². The van der Waals surface area contributed by atoms with Crippen LogP contribution in [-0.4, -0.2) is 4.40 Å². The SMILES string of the molecule is c1ccc(-c2c3ccccc3n3c2oc2ccc(-c4ccc(N(c5ccccc5)c5ccc6c(c5)C(c5ccccc5)(c5ccccc5)c5ccccc5-6)cc4)cc23)cc1. The van der Waals surface area contributed by atoms with E-state index in [4.69, 9.17) is 4.42 Å².